The van der Waals surface area contributed by atoms with Gasteiger partial charge in [0.05, 0.1) is 0 Å². The van der Waals surface area contributed by atoms with Crippen LogP contribution in [-0.4, -0.2) is 39.7 Å². The van der Waals surface area contributed by atoms with Crippen molar-refractivity contribution in [2.75, 3.05) is 6.54 Å². The van der Waals surface area contributed by atoms with Gasteiger partial charge in [-0.1, -0.05) is 0 Å². The van der Waals surface area contributed by atoms with Crippen LogP contribution in [0.1, 0.15) is 12.8 Å². The number of aliphatic carboxylic acids is 1. The van der Waals surface area contributed by atoms with Gasteiger partial charge in [-0.3, -0.25) is 10.1 Å². The summed E-state index contributed by atoms with van der Waals surface area (Å²) in [4.78, 5) is 10.6. The maximum atomic E-state index is 10.6. The number of carboxylic acid groups (broad SMARTS) is 1. The predicted octanol–water partition coefficient (Wildman–Crippen LogP) is -1.50. The second-order valence-corrected chi connectivity index (χ2v) is 2.68. The van der Waals surface area contributed by atoms with Crippen LogP contribution in [0.4, 0.5) is 0 Å². The summed E-state index contributed by atoms with van der Waals surface area (Å²) < 4.78 is 0. The van der Waals surface area contributed by atoms with Gasteiger partial charge < -0.3 is 15.3 Å². The zero-order chi connectivity index (χ0) is 8.48. The molecular weight excluding hydrogens is 150 g/mol. The summed E-state index contributed by atoms with van der Waals surface area (Å²) in [5.74, 6) is -1.20. The summed E-state index contributed by atoms with van der Waals surface area (Å²) in [5.41, 5.74) is -1.53. The first-order valence-electron chi connectivity index (χ1n) is 3.44. The molecule has 0 aromatic carbocycles. The summed E-state index contributed by atoms with van der Waals surface area (Å²) in [6.07, 6.45) is -0.910. The number of carboxylic acids is 1. The van der Waals surface area contributed by atoms with Crippen molar-refractivity contribution >= 4 is 5.97 Å². The van der Waals surface area contributed by atoms with Crippen molar-refractivity contribution in [2.45, 2.75) is 24.7 Å². The molecule has 11 heavy (non-hydrogen) atoms. The molecule has 1 aliphatic rings. The number of hydrogen-bond donors (Lipinski definition) is 4. The molecule has 1 aliphatic heterocycles. The van der Waals surface area contributed by atoms with Crippen LogP contribution in [0.2, 0.25) is 0 Å². The lowest BCUT2D eigenvalue weighted by Gasteiger charge is -2.25. The Balaban J connectivity index is 2.79. The predicted molar refractivity (Wildman–Crippen MR) is 35.8 cm³/mol. The van der Waals surface area contributed by atoms with E-state index in [1.54, 1.807) is 0 Å². The molecule has 0 unspecified atom stereocenters. The Morgan fingerprint density at radius 3 is 2.36 bits per heavy atom. The molecule has 5 heteroatoms. The van der Waals surface area contributed by atoms with E-state index in [9.17, 15) is 4.79 Å². The van der Waals surface area contributed by atoms with E-state index in [2.05, 4.69) is 5.32 Å². The molecule has 5 nitrogen and oxygen atoms in total. The first-order valence-corrected chi connectivity index (χ1v) is 3.44. The van der Waals surface area contributed by atoms with E-state index in [-0.39, 0.29) is 6.42 Å². The van der Waals surface area contributed by atoms with E-state index < -0.39 is 17.8 Å². The number of aliphatic hydroxyl groups is 2. The highest BCUT2D eigenvalue weighted by molar-refractivity contribution is 5.79. The zero-order valence-electron chi connectivity index (χ0n) is 5.95. The van der Waals surface area contributed by atoms with Crippen molar-refractivity contribution < 1.29 is 20.1 Å². The van der Waals surface area contributed by atoms with Crippen molar-refractivity contribution in [2.24, 2.45) is 0 Å². The van der Waals surface area contributed by atoms with Gasteiger partial charge in [0.15, 0.2) is 11.8 Å². The highest BCUT2D eigenvalue weighted by Crippen LogP contribution is 2.22. The van der Waals surface area contributed by atoms with Gasteiger partial charge in [-0.25, -0.2) is 0 Å². The van der Waals surface area contributed by atoms with E-state index in [1.807, 2.05) is 0 Å². The molecule has 1 fully saturated rings. The van der Waals surface area contributed by atoms with Crippen LogP contribution in [0.5, 0.6) is 0 Å². The Hall–Kier alpha value is -0.650. The van der Waals surface area contributed by atoms with Gasteiger partial charge in [0.1, 0.15) is 0 Å². The van der Waals surface area contributed by atoms with Gasteiger partial charge in [0.25, 0.3) is 0 Å². The molecule has 4 N–H and O–H groups in total. The average Bonchev–Trinajstić information content (AvgIpc) is 2.34. The summed E-state index contributed by atoms with van der Waals surface area (Å²) in [6, 6.07) is 0. The van der Waals surface area contributed by atoms with Crippen molar-refractivity contribution in [1.82, 2.24) is 5.32 Å². The van der Waals surface area contributed by atoms with E-state index in [4.69, 9.17) is 15.3 Å². The lowest BCUT2D eigenvalue weighted by Crippen LogP contribution is -2.56. The van der Waals surface area contributed by atoms with Crippen LogP contribution in [0.25, 0.3) is 0 Å². The van der Waals surface area contributed by atoms with Crippen molar-refractivity contribution in [3.63, 3.8) is 0 Å². The third-order valence-electron chi connectivity index (χ3n) is 2.01. The molecule has 1 rings (SSSR count). The molecule has 1 saturated heterocycles. The van der Waals surface area contributed by atoms with Gasteiger partial charge in [-0.2, -0.15) is 0 Å². The number of rotatable bonds is 2. The fourth-order valence-electron chi connectivity index (χ4n) is 1.28. The Labute approximate surface area is 63.7 Å². The molecule has 0 radical (unpaired) electrons. The average molecular weight is 161 g/mol. The number of hydrogen-bond acceptors (Lipinski definition) is 4. The summed E-state index contributed by atoms with van der Waals surface area (Å²) in [7, 11) is 0. The summed E-state index contributed by atoms with van der Waals surface area (Å²) >= 11 is 0. The molecule has 0 aromatic rings. The Bertz CT molecular complexity index is 162. The Morgan fingerprint density at radius 1 is 1.55 bits per heavy atom. The number of nitrogens with one attached hydrogen (secondary N) is 1. The first-order chi connectivity index (χ1) is 5.09. The van der Waals surface area contributed by atoms with Crippen LogP contribution >= 0.6 is 0 Å². The van der Waals surface area contributed by atoms with Crippen molar-refractivity contribution in [3.8, 4) is 0 Å². The second kappa shape index (κ2) is 2.77. The lowest BCUT2D eigenvalue weighted by molar-refractivity contribution is -0.165. The van der Waals surface area contributed by atoms with Crippen LogP contribution < -0.4 is 5.32 Å². The maximum absolute atomic E-state index is 10.6. The fourth-order valence-corrected chi connectivity index (χ4v) is 1.28. The van der Waals surface area contributed by atoms with Gasteiger partial charge >= 0.3 is 5.97 Å². The summed E-state index contributed by atoms with van der Waals surface area (Å²) in [5, 5.41) is 28.8. The minimum absolute atomic E-state index is 0.264. The van der Waals surface area contributed by atoms with Crippen LogP contribution in [0.3, 0.4) is 0 Å². The molecule has 0 aromatic heterocycles. The third kappa shape index (κ3) is 1.22. The minimum atomic E-state index is -1.83. The highest BCUT2D eigenvalue weighted by atomic mass is 16.5. The fraction of sp³-hybridized carbons (Fsp3) is 0.833. The normalized spacial score (nSPS) is 31.2. The van der Waals surface area contributed by atoms with E-state index >= 15 is 0 Å². The van der Waals surface area contributed by atoms with Crippen LogP contribution in [-0.2, 0) is 4.79 Å². The van der Waals surface area contributed by atoms with Crippen molar-refractivity contribution in [1.29, 1.82) is 0 Å². The van der Waals surface area contributed by atoms with Crippen LogP contribution in [0.15, 0.2) is 0 Å². The van der Waals surface area contributed by atoms with Gasteiger partial charge in [-0.05, 0) is 19.4 Å². The first kappa shape index (κ1) is 8.45. The molecule has 0 saturated carbocycles. The van der Waals surface area contributed by atoms with E-state index in [0.29, 0.717) is 13.0 Å². The minimum Gasteiger partial charge on any atom is -0.480 e. The summed E-state index contributed by atoms with van der Waals surface area (Å²) in [6.45, 7) is 0.518. The Kier molecular flexibility index (Phi) is 2.12. The molecule has 0 aliphatic carbocycles. The number of carbonyl (C=O) groups is 1. The molecule has 0 spiro atoms. The Morgan fingerprint density at radius 2 is 2.18 bits per heavy atom. The van der Waals surface area contributed by atoms with E-state index in [1.165, 1.54) is 0 Å². The van der Waals surface area contributed by atoms with Gasteiger partial charge in [0, 0.05) is 0 Å². The molecule has 1 heterocycles. The monoisotopic (exact) mass is 161 g/mol. The standard InChI is InChI=1S/C6H11NO4/c8-4(9)6(5(10)11)2-1-3-7-6/h4,7-9H,1-3H2,(H,10,11)/t6-/m1/s1. The molecule has 64 valence electrons. The SMILES string of the molecule is O=C(O)[C@]1(C(O)O)CCCN1. The van der Waals surface area contributed by atoms with Gasteiger partial charge in [0.2, 0.25) is 0 Å². The van der Waals surface area contributed by atoms with Crippen LogP contribution in [0, 0.1) is 0 Å². The second-order valence-electron chi connectivity index (χ2n) is 2.68. The largest absolute Gasteiger partial charge is 0.480 e. The third-order valence-corrected chi connectivity index (χ3v) is 2.01. The van der Waals surface area contributed by atoms with Gasteiger partial charge in [-0.15, -0.1) is 0 Å². The smallest absolute Gasteiger partial charge is 0.329 e. The highest BCUT2D eigenvalue weighted by Gasteiger charge is 2.47. The van der Waals surface area contributed by atoms with E-state index in [0.717, 1.165) is 0 Å². The zero-order valence-corrected chi connectivity index (χ0v) is 5.95. The molecule has 0 bridgehead atoms. The topological polar surface area (TPSA) is 89.8 Å². The lowest BCUT2D eigenvalue weighted by atomic mass is 9.97. The molecule has 1 atom stereocenters. The maximum Gasteiger partial charge on any atom is 0.329 e. The molecular formula is C6H11NO4. The molecule has 0 amide bonds. The quantitative estimate of drug-likeness (QED) is 0.370. The number of aliphatic hydroxyl groups excluding tert-OH is 1. The van der Waals surface area contributed by atoms with Crippen molar-refractivity contribution in [3.05, 3.63) is 0 Å².